The van der Waals surface area contributed by atoms with Crippen molar-refractivity contribution < 1.29 is 0 Å². The summed E-state index contributed by atoms with van der Waals surface area (Å²) >= 11 is 1.93. The van der Waals surface area contributed by atoms with Crippen molar-refractivity contribution in [3.8, 4) is 0 Å². The minimum Gasteiger partial charge on any atom is -0.353 e. The second-order valence-corrected chi connectivity index (χ2v) is 8.84. The summed E-state index contributed by atoms with van der Waals surface area (Å²) in [5, 5.41) is 10.2. The minimum atomic E-state index is 0.104. The maximum atomic E-state index is 4.57. The summed E-state index contributed by atoms with van der Waals surface area (Å²) in [6, 6.07) is 16.6. The Balaban J connectivity index is 1.78. The van der Waals surface area contributed by atoms with E-state index in [-0.39, 0.29) is 4.75 Å². The molecule has 0 unspecified atom stereocenters. The third kappa shape index (κ3) is 3.27. The Labute approximate surface area is 152 Å². The number of hydrogen-bond donors (Lipinski definition) is 1. The fourth-order valence-electron chi connectivity index (χ4n) is 3.18. The van der Waals surface area contributed by atoms with Gasteiger partial charge in [0.05, 0.1) is 17.6 Å². The van der Waals surface area contributed by atoms with Crippen molar-refractivity contribution in [2.75, 3.05) is 0 Å². The smallest absolute Gasteiger partial charge is 0.0890 e. The van der Waals surface area contributed by atoms with Crippen LogP contribution in [0.25, 0.3) is 10.9 Å². The molecule has 3 aromatic rings. The van der Waals surface area contributed by atoms with E-state index in [1.165, 1.54) is 21.4 Å². The zero-order chi connectivity index (χ0) is 17.4. The molecule has 0 bridgehead atoms. The van der Waals surface area contributed by atoms with E-state index in [2.05, 4.69) is 54.2 Å². The number of fused-ring (bicyclic) bond motifs is 3. The van der Waals surface area contributed by atoms with Gasteiger partial charge in [0.1, 0.15) is 0 Å². The molecule has 1 aliphatic rings. The summed E-state index contributed by atoms with van der Waals surface area (Å²) in [5.41, 5.74) is 5.65. The SMILES string of the molecule is Cc1ccc2[nH]c3c(c2c1)SC(C)(C)C/C3=N/N=C\c1ccccc1. The number of aromatic amines is 1. The molecule has 0 saturated carbocycles. The standard InChI is InChI=1S/C21H21N3S/c1-14-9-10-17-16(11-14)20-19(23-17)18(12-21(2,3)25-20)24-22-13-15-7-5-4-6-8-15/h4-11,13,23H,12H2,1-3H3/b22-13-,24-18-. The molecule has 4 heteroatoms. The third-order valence-corrected chi connectivity index (χ3v) is 5.68. The van der Waals surface area contributed by atoms with Gasteiger partial charge in [-0.1, -0.05) is 42.0 Å². The van der Waals surface area contributed by atoms with Crippen molar-refractivity contribution in [2.45, 2.75) is 36.8 Å². The Morgan fingerprint density at radius 3 is 2.72 bits per heavy atom. The molecule has 2 aromatic carbocycles. The van der Waals surface area contributed by atoms with Gasteiger partial charge in [0, 0.05) is 27.0 Å². The Hall–Kier alpha value is -2.33. The summed E-state index contributed by atoms with van der Waals surface area (Å²) in [6.45, 7) is 6.67. The van der Waals surface area contributed by atoms with Crippen LogP contribution in [0.5, 0.6) is 0 Å². The number of rotatable bonds is 2. The van der Waals surface area contributed by atoms with Crippen molar-refractivity contribution in [3.05, 3.63) is 65.4 Å². The molecule has 3 nitrogen and oxygen atoms in total. The molecule has 0 amide bonds. The predicted octanol–water partition coefficient (Wildman–Crippen LogP) is 5.57. The van der Waals surface area contributed by atoms with Gasteiger partial charge in [-0.2, -0.15) is 10.2 Å². The van der Waals surface area contributed by atoms with Crippen LogP contribution in [0.4, 0.5) is 0 Å². The van der Waals surface area contributed by atoms with Gasteiger partial charge in [-0.25, -0.2) is 0 Å². The first kappa shape index (κ1) is 16.2. The normalized spacial score (nSPS) is 18.1. The highest BCUT2D eigenvalue weighted by Gasteiger charge is 2.33. The van der Waals surface area contributed by atoms with E-state index in [4.69, 9.17) is 0 Å². The van der Waals surface area contributed by atoms with E-state index in [1.807, 2.05) is 48.3 Å². The van der Waals surface area contributed by atoms with Crippen molar-refractivity contribution in [2.24, 2.45) is 10.2 Å². The number of hydrogen-bond acceptors (Lipinski definition) is 3. The summed E-state index contributed by atoms with van der Waals surface area (Å²) < 4.78 is 0.104. The molecular weight excluding hydrogens is 326 g/mol. The Morgan fingerprint density at radius 1 is 1.12 bits per heavy atom. The largest absolute Gasteiger partial charge is 0.353 e. The predicted molar refractivity (Wildman–Crippen MR) is 108 cm³/mol. The number of aromatic nitrogens is 1. The minimum absolute atomic E-state index is 0.104. The first-order valence-electron chi connectivity index (χ1n) is 8.48. The number of aryl methyl sites for hydroxylation is 1. The average molecular weight is 347 g/mol. The van der Waals surface area contributed by atoms with Crippen LogP contribution in [0.1, 0.15) is 37.1 Å². The van der Waals surface area contributed by atoms with Crippen LogP contribution in [0, 0.1) is 6.92 Å². The Bertz CT molecular complexity index is 981. The molecular formula is C21H21N3S. The van der Waals surface area contributed by atoms with Gasteiger partial charge in [-0.15, -0.1) is 11.8 Å². The van der Waals surface area contributed by atoms with Gasteiger partial charge in [0.2, 0.25) is 0 Å². The molecule has 0 radical (unpaired) electrons. The molecule has 25 heavy (non-hydrogen) atoms. The number of benzene rings is 2. The topological polar surface area (TPSA) is 40.5 Å². The highest BCUT2D eigenvalue weighted by atomic mass is 32.2. The molecule has 1 aromatic heterocycles. The lowest BCUT2D eigenvalue weighted by molar-refractivity contribution is 0.737. The summed E-state index contributed by atoms with van der Waals surface area (Å²) in [6.07, 6.45) is 2.71. The average Bonchev–Trinajstić information content (AvgIpc) is 2.93. The molecule has 0 atom stereocenters. The van der Waals surface area contributed by atoms with Crippen LogP contribution in [-0.2, 0) is 0 Å². The fraction of sp³-hybridized carbons (Fsp3) is 0.238. The molecule has 1 aliphatic heterocycles. The van der Waals surface area contributed by atoms with Crippen LogP contribution < -0.4 is 0 Å². The van der Waals surface area contributed by atoms with Crippen LogP contribution in [-0.4, -0.2) is 21.7 Å². The van der Waals surface area contributed by atoms with E-state index in [0.717, 1.165) is 23.4 Å². The van der Waals surface area contributed by atoms with E-state index >= 15 is 0 Å². The lowest BCUT2D eigenvalue weighted by atomic mass is 10.0. The molecule has 2 heterocycles. The Kier molecular flexibility index (Phi) is 4.00. The second-order valence-electron chi connectivity index (χ2n) is 7.12. The number of nitrogens with zero attached hydrogens (tertiary/aromatic N) is 2. The van der Waals surface area contributed by atoms with Gasteiger partial charge in [-0.3, -0.25) is 0 Å². The van der Waals surface area contributed by atoms with E-state index < -0.39 is 0 Å². The highest BCUT2D eigenvalue weighted by molar-refractivity contribution is 8.01. The van der Waals surface area contributed by atoms with E-state index in [1.54, 1.807) is 0 Å². The van der Waals surface area contributed by atoms with Crippen molar-refractivity contribution >= 4 is 34.6 Å². The van der Waals surface area contributed by atoms with Gasteiger partial charge < -0.3 is 4.98 Å². The molecule has 1 N–H and O–H groups in total. The molecule has 4 rings (SSSR count). The molecule has 0 fully saturated rings. The van der Waals surface area contributed by atoms with Gasteiger partial charge in [-0.05, 0) is 38.5 Å². The zero-order valence-electron chi connectivity index (χ0n) is 14.7. The Morgan fingerprint density at radius 2 is 1.92 bits per heavy atom. The first-order chi connectivity index (χ1) is 12.0. The van der Waals surface area contributed by atoms with Gasteiger partial charge in [0.15, 0.2) is 0 Å². The molecule has 0 spiro atoms. The second kappa shape index (κ2) is 6.19. The maximum Gasteiger partial charge on any atom is 0.0890 e. The van der Waals surface area contributed by atoms with Crippen LogP contribution >= 0.6 is 11.8 Å². The summed E-state index contributed by atoms with van der Waals surface area (Å²) in [5.74, 6) is 0. The number of nitrogens with one attached hydrogen (secondary N) is 1. The third-order valence-electron chi connectivity index (χ3n) is 4.35. The van der Waals surface area contributed by atoms with Crippen LogP contribution in [0.3, 0.4) is 0 Å². The van der Waals surface area contributed by atoms with Crippen LogP contribution in [0.2, 0.25) is 0 Å². The van der Waals surface area contributed by atoms with E-state index in [9.17, 15) is 0 Å². The number of H-pyrrole nitrogens is 1. The van der Waals surface area contributed by atoms with Crippen molar-refractivity contribution in [1.82, 2.24) is 4.98 Å². The quantitative estimate of drug-likeness (QED) is 0.477. The summed E-state index contributed by atoms with van der Waals surface area (Å²) in [4.78, 5) is 4.85. The fourth-order valence-corrected chi connectivity index (χ4v) is 4.50. The monoisotopic (exact) mass is 347 g/mol. The zero-order valence-corrected chi connectivity index (χ0v) is 15.5. The highest BCUT2D eigenvalue weighted by Crippen LogP contribution is 2.46. The maximum absolute atomic E-state index is 4.57. The molecule has 126 valence electrons. The van der Waals surface area contributed by atoms with Gasteiger partial charge in [0.25, 0.3) is 0 Å². The van der Waals surface area contributed by atoms with Crippen molar-refractivity contribution in [1.29, 1.82) is 0 Å². The lowest BCUT2D eigenvalue weighted by Crippen LogP contribution is -2.25. The van der Waals surface area contributed by atoms with Crippen LogP contribution in [0.15, 0.2) is 63.6 Å². The molecule has 0 saturated heterocycles. The first-order valence-corrected chi connectivity index (χ1v) is 9.30. The van der Waals surface area contributed by atoms with E-state index in [0.29, 0.717) is 0 Å². The summed E-state index contributed by atoms with van der Waals surface area (Å²) in [7, 11) is 0. The lowest BCUT2D eigenvalue weighted by Gasteiger charge is -2.29. The number of thioether (sulfide) groups is 1. The van der Waals surface area contributed by atoms with Gasteiger partial charge >= 0.3 is 0 Å². The molecule has 0 aliphatic carbocycles. The van der Waals surface area contributed by atoms with Crippen molar-refractivity contribution in [3.63, 3.8) is 0 Å².